The molecule has 2 atom stereocenters. The van der Waals surface area contributed by atoms with Crippen molar-refractivity contribution in [3.8, 4) is 0 Å². The summed E-state index contributed by atoms with van der Waals surface area (Å²) in [4.78, 5) is 26.8. The Morgan fingerprint density at radius 2 is 1.34 bits per heavy atom. The van der Waals surface area contributed by atoms with E-state index in [9.17, 15) is 14.7 Å². The molecular weight excluding hydrogens is 409 g/mol. The molecule has 0 saturated heterocycles. The molecule has 0 unspecified atom stereocenters. The van der Waals surface area contributed by atoms with Gasteiger partial charge in [0.2, 0.25) is 0 Å². The van der Waals surface area contributed by atoms with Gasteiger partial charge in [0.25, 0.3) is 0 Å². The monoisotopic (exact) mass is 436 g/mol. The zero-order valence-corrected chi connectivity index (χ0v) is 18.0. The molecule has 0 fully saturated rings. The van der Waals surface area contributed by atoms with Gasteiger partial charge in [-0.2, -0.15) is 0 Å². The molecule has 0 spiro atoms. The summed E-state index contributed by atoms with van der Waals surface area (Å²) in [6.45, 7) is 1.57. The lowest BCUT2D eigenvalue weighted by Gasteiger charge is -2.34. The van der Waals surface area contributed by atoms with Gasteiger partial charge in [0.05, 0.1) is 12.6 Å². The SMILES string of the molecule is CCO[13C](=O)[13CH2][15N](C(=O)OCc1ccccc1)[C@@H](c1ccccc1)[C@H](O)c1ccccc1. The molecule has 0 radical (unpaired) electrons. The normalized spacial score (nSPS) is 12.4. The number of benzene rings is 3. The Morgan fingerprint density at radius 3 is 1.91 bits per heavy atom. The van der Waals surface area contributed by atoms with Crippen LogP contribution in [0.5, 0.6) is 0 Å². The number of carbonyl (C=O) groups excluding carboxylic acids is 2. The third-order valence-electron chi connectivity index (χ3n) is 4.96. The summed E-state index contributed by atoms with van der Waals surface area (Å²) >= 11 is 0. The number of amides is 1. The Morgan fingerprint density at radius 1 is 0.812 bits per heavy atom. The fraction of sp³-hybridized carbons (Fsp3) is 0.231. The van der Waals surface area contributed by atoms with Crippen LogP contribution in [0.2, 0.25) is 0 Å². The lowest BCUT2D eigenvalue weighted by Crippen LogP contribution is -2.42. The molecule has 6 nitrogen and oxygen atoms in total. The molecule has 1 N–H and O–H groups in total. The Labute approximate surface area is 188 Å². The number of hydrogen-bond donors (Lipinski definition) is 1. The Hall–Kier alpha value is -3.64. The summed E-state index contributed by atoms with van der Waals surface area (Å²) in [5.74, 6) is -0.578. The number of hydrogen-bond acceptors (Lipinski definition) is 5. The van der Waals surface area contributed by atoms with Crippen LogP contribution in [-0.4, -0.2) is 35.2 Å². The molecule has 0 aromatic heterocycles. The highest BCUT2D eigenvalue weighted by Crippen LogP contribution is 2.34. The highest BCUT2D eigenvalue weighted by atomic mass is 16.6. The first-order valence-corrected chi connectivity index (χ1v) is 10.5. The van der Waals surface area contributed by atoms with E-state index in [4.69, 9.17) is 9.47 Å². The van der Waals surface area contributed by atoms with Crippen LogP contribution in [0.1, 0.15) is 35.8 Å². The van der Waals surface area contributed by atoms with Gasteiger partial charge in [-0.3, -0.25) is 9.69 Å². The maximum absolute atomic E-state index is 13.2. The molecule has 6 heteroatoms. The minimum Gasteiger partial charge on any atom is -0.465 e. The Balaban J connectivity index is 1.94. The second-order valence-corrected chi connectivity index (χ2v) is 7.18. The van der Waals surface area contributed by atoms with Gasteiger partial charge in [-0.25, -0.2) is 4.79 Å². The van der Waals surface area contributed by atoms with E-state index in [1.165, 1.54) is 4.90 Å². The van der Waals surface area contributed by atoms with Gasteiger partial charge in [-0.15, -0.1) is 0 Å². The molecule has 0 aliphatic carbocycles. The van der Waals surface area contributed by atoms with Crippen molar-refractivity contribution < 1.29 is 24.2 Å². The summed E-state index contributed by atoms with van der Waals surface area (Å²) in [5, 5.41) is 11.3. The van der Waals surface area contributed by atoms with E-state index in [-0.39, 0.29) is 19.8 Å². The predicted octanol–water partition coefficient (Wildman–Crippen LogP) is 4.66. The van der Waals surface area contributed by atoms with E-state index < -0.39 is 24.2 Å². The van der Waals surface area contributed by atoms with Crippen LogP contribution in [0.3, 0.4) is 0 Å². The van der Waals surface area contributed by atoms with Crippen molar-refractivity contribution in [1.82, 2.24) is 4.90 Å². The van der Waals surface area contributed by atoms with Crippen LogP contribution in [0.15, 0.2) is 91.0 Å². The topological polar surface area (TPSA) is 76.1 Å². The lowest BCUT2D eigenvalue weighted by molar-refractivity contribution is -0.145. The van der Waals surface area contributed by atoms with Crippen LogP contribution >= 0.6 is 0 Å². The standard InChI is InChI=1S/C26H27NO5/c1-2-31-23(28)18-27(26(30)32-19-20-12-6-3-7-13-20)24(21-14-8-4-9-15-21)25(29)22-16-10-5-11-17-22/h3-17,24-25,29H,2,18-19H2,1H3/t24-,25+/m0/s1/i18+1,23+1,27+1. The quantitative estimate of drug-likeness (QED) is 0.300. The predicted molar refractivity (Wildman–Crippen MR) is 121 cm³/mol. The van der Waals surface area contributed by atoms with Crippen molar-refractivity contribution in [2.75, 3.05) is 13.2 Å². The first kappa shape index (κ1) is 23.0. The maximum atomic E-state index is 13.2. The maximum Gasteiger partial charge on any atom is 0.411 e. The molecule has 3 aromatic rings. The summed E-state index contributed by atoms with van der Waals surface area (Å²) in [6.07, 6.45) is -1.80. The molecule has 1 amide bonds. The van der Waals surface area contributed by atoms with Crippen molar-refractivity contribution in [1.29, 1.82) is 0 Å². The molecule has 166 valence electrons. The van der Waals surface area contributed by atoms with E-state index in [1.807, 2.05) is 66.7 Å². The second kappa shape index (κ2) is 11.7. The highest BCUT2D eigenvalue weighted by molar-refractivity contribution is 5.78. The number of nitrogens with zero attached hydrogens (tertiary/aromatic N) is 1. The summed E-state index contributed by atoms with van der Waals surface area (Å²) in [7, 11) is 0. The molecule has 0 bridgehead atoms. The smallest absolute Gasteiger partial charge is 0.411 e. The number of aliphatic hydroxyl groups is 1. The highest BCUT2D eigenvalue weighted by Gasteiger charge is 2.35. The van der Waals surface area contributed by atoms with Crippen LogP contribution < -0.4 is 0 Å². The molecular formula is C26H27NO5. The zero-order valence-electron chi connectivity index (χ0n) is 18.0. The van der Waals surface area contributed by atoms with Crippen LogP contribution in [0.4, 0.5) is 4.79 Å². The van der Waals surface area contributed by atoms with Gasteiger partial charge in [0.1, 0.15) is 19.3 Å². The fourth-order valence-corrected chi connectivity index (χ4v) is 3.44. The third-order valence-corrected chi connectivity index (χ3v) is 4.96. The number of rotatable bonds is 9. The summed E-state index contributed by atoms with van der Waals surface area (Å²) in [5.41, 5.74) is 2.10. The van der Waals surface area contributed by atoms with Crippen molar-refractivity contribution >= 4 is 12.1 Å². The first-order chi connectivity index (χ1) is 15.6. The number of aliphatic hydroxyl groups excluding tert-OH is 1. The molecule has 3 aromatic carbocycles. The van der Waals surface area contributed by atoms with Gasteiger partial charge < -0.3 is 14.6 Å². The number of carbonyl (C=O) groups is 2. The second-order valence-electron chi connectivity index (χ2n) is 7.18. The lowest BCUT2D eigenvalue weighted by atomic mass is 9.97. The molecule has 0 aliphatic rings. The van der Waals surface area contributed by atoms with E-state index in [0.29, 0.717) is 11.1 Å². The average Bonchev–Trinajstić information content (AvgIpc) is 2.84. The minimum atomic E-state index is -1.09. The van der Waals surface area contributed by atoms with E-state index in [0.717, 1.165) is 5.56 Å². The van der Waals surface area contributed by atoms with Gasteiger partial charge >= 0.3 is 12.1 Å². The minimum absolute atomic E-state index is 0.0436. The Kier molecular flexibility index (Phi) is 8.40. The first-order valence-electron chi connectivity index (χ1n) is 10.5. The number of ether oxygens (including phenoxy) is 2. The molecule has 32 heavy (non-hydrogen) atoms. The van der Waals surface area contributed by atoms with Crippen LogP contribution in [-0.2, 0) is 20.9 Å². The van der Waals surface area contributed by atoms with Crippen LogP contribution in [0, 0.1) is 0 Å². The summed E-state index contributed by atoms with van der Waals surface area (Å²) in [6, 6.07) is 26.5. The van der Waals surface area contributed by atoms with Crippen molar-refractivity contribution in [3.05, 3.63) is 108 Å². The fourth-order valence-electron chi connectivity index (χ4n) is 3.44. The molecule has 0 heterocycles. The van der Waals surface area contributed by atoms with Crippen molar-refractivity contribution in [2.24, 2.45) is 0 Å². The summed E-state index contributed by atoms with van der Waals surface area (Å²) < 4.78 is 10.6. The average molecular weight is 436 g/mol. The third kappa shape index (κ3) is 6.18. The van der Waals surface area contributed by atoms with E-state index >= 15 is 0 Å². The molecule has 0 aliphatic heterocycles. The molecule has 3 rings (SSSR count). The van der Waals surface area contributed by atoms with E-state index in [1.54, 1.807) is 31.2 Å². The largest absolute Gasteiger partial charge is 0.465 e. The van der Waals surface area contributed by atoms with Gasteiger partial charge in [0, 0.05) is 0 Å². The van der Waals surface area contributed by atoms with Crippen molar-refractivity contribution in [2.45, 2.75) is 25.7 Å². The van der Waals surface area contributed by atoms with Crippen LogP contribution in [0.25, 0.3) is 0 Å². The Bertz CT molecular complexity index is 979. The van der Waals surface area contributed by atoms with Gasteiger partial charge in [0.15, 0.2) is 0 Å². The zero-order chi connectivity index (χ0) is 22.8. The van der Waals surface area contributed by atoms with Gasteiger partial charge in [-0.05, 0) is 23.6 Å². The van der Waals surface area contributed by atoms with Crippen molar-refractivity contribution in [3.63, 3.8) is 0 Å². The van der Waals surface area contributed by atoms with Gasteiger partial charge in [-0.1, -0.05) is 91.0 Å². The van der Waals surface area contributed by atoms with E-state index in [2.05, 4.69) is 0 Å². The number of esters is 1. The molecule has 0 saturated carbocycles.